The molecule has 0 aliphatic rings. The first-order chi connectivity index (χ1) is 6.60. The van der Waals surface area contributed by atoms with Crippen molar-refractivity contribution in [2.75, 3.05) is 32.8 Å². The van der Waals surface area contributed by atoms with Crippen LogP contribution in [-0.2, 0) is 9.53 Å². The number of aliphatic hydroxyl groups excluding tert-OH is 1. The molecule has 0 aliphatic heterocycles. The molecular formula is C10H21NO3. The number of hydrogen-bond acceptors (Lipinski definition) is 4. The van der Waals surface area contributed by atoms with E-state index in [0.717, 1.165) is 6.54 Å². The van der Waals surface area contributed by atoms with Gasteiger partial charge in [-0.1, -0.05) is 20.8 Å². The van der Waals surface area contributed by atoms with Crippen molar-refractivity contribution in [2.45, 2.75) is 20.8 Å². The smallest absolute Gasteiger partial charge is 0.320 e. The third-order valence-electron chi connectivity index (χ3n) is 1.79. The molecule has 0 heterocycles. The van der Waals surface area contributed by atoms with Gasteiger partial charge < -0.3 is 9.84 Å². The number of ether oxygens (including phenoxy) is 1. The lowest BCUT2D eigenvalue weighted by Gasteiger charge is -2.18. The number of hydrogen-bond donors (Lipinski definition) is 1. The van der Waals surface area contributed by atoms with Crippen LogP contribution >= 0.6 is 0 Å². The second-order valence-corrected chi connectivity index (χ2v) is 3.67. The molecule has 4 nitrogen and oxygen atoms in total. The third-order valence-corrected chi connectivity index (χ3v) is 1.79. The van der Waals surface area contributed by atoms with Gasteiger partial charge in [-0.15, -0.1) is 0 Å². The quantitative estimate of drug-likeness (QED) is 0.612. The van der Waals surface area contributed by atoms with Gasteiger partial charge in [0.05, 0.1) is 19.8 Å². The summed E-state index contributed by atoms with van der Waals surface area (Å²) in [5.74, 6) is 0.154. The highest BCUT2D eigenvalue weighted by Crippen LogP contribution is 1.95. The summed E-state index contributed by atoms with van der Waals surface area (Å²) in [6.07, 6.45) is 0. The van der Waals surface area contributed by atoms with Gasteiger partial charge in [-0.05, 0) is 12.5 Å². The van der Waals surface area contributed by atoms with Crippen LogP contribution < -0.4 is 0 Å². The lowest BCUT2D eigenvalue weighted by molar-refractivity contribution is -0.146. The van der Waals surface area contributed by atoms with Crippen LogP contribution in [0.1, 0.15) is 20.8 Å². The molecule has 0 unspecified atom stereocenters. The number of likely N-dealkylation sites (N-methyl/N-ethyl adjacent to an activating group) is 1. The molecule has 0 saturated carbocycles. The van der Waals surface area contributed by atoms with E-state index in [1.807, 2.05) is 25.7 Å². The average molecular weight is 203 g/mol. The fraction of sp³-hybridized carbons (Fsp3) is 0.900. The van der Waals surface area contributed by atoms with E-state index in [1.165, 1.54) is 0 Å². The largest absolute Gasteiger partial charge is 0.464 e. The van der Waals surface area contributed by atoms with Gasteiger partial charge in [0, 0.05) is 6.54 Å². The molecule has 84 valence electrons. The lowest BCUT2D eigenvalue weighted by atomic mass is 10.2. The molecular weight excluding hydrogens is 182 g/mol. The summed E-state index contributed by atoms with van der Waals surface area (Å²) < 4.78 is 5.02. The van der Waals surface area contributed by atoms with Gasteiger partial charge in [0.25, 0.3) is 0 Å². The van der Waals surface area contributed by atoms with Gasteiger partial charge in [0.15, 0.2) is 0 Å². The molecule has 0 rings (SSSR count). The van der Waals surface area contributed by atoms with Gasteiger partial charge in [-0.3, -0.25) is 9.69 Å². The van der Waals surface area contributed by atoms with E-state index in [0.29, 0.717) is 19.1 Å². The summed E-state index contributed by atoms with van der Waals surface area (Å²) in [4.78, 5) is 13.1. The van der Waals surface area contributed by atoms with Crippen molar-refractivity contribution in [3.63, 3.8) is 0 Å². The van der Waals surface area contributed by atoms with Crippen molar-refractivity contribution in [1.82, 2.24) is 4.90 Å². The molecule has 0 aromatic rings. The van der Waals surface area contributed by atoms with Crippen molar-refractivity contribution in [3.05, 3.63) is 0 Å². The molecule has 0 aromatic heterocycles. The molecule has 0 aromatic carbocycles. The summed E-state index contributed by atoms with van der Waals surface area (Å²) in [5, 5.41) is 8.71. The summed E-state index contributed by atoms with van der Waals surface area (Å²) in [6.45, 7) is 8.03. The fourth-order valence-electron chi connectivity index (χ4n) is 0.978. The molecule has 0 aliphatic carbocycles. The number of esters is 1. The third kappa shape index (κ3) is 6.86. The Kier molecular flexibility index (Phi) is 7.42. The summed E-state index contributed by atoms with van der Waals surface area (Å²) >= 11 is 0. The zero-order valence-corrected chi connectivity index (χ0v) is 9.32. The fourth-order valence-corrected chi connectivity index (χ4v) is 0.978. The van der Waals surface area contributed by atoms with Crippen LogP contribution in [-0.4, -0.2) is 48.8 Å². The Balaban J connectivity index is 3.67. The Morgan fingerprint density at radius 2 is 2.14 bits per heavy atom. The Morgan fingerprint density at radius 3 is 2.57 bits per heavy atom. The predicted octanol–water partition coefficient (Wildman–Crippen LogP) is 0.500. The number of rotatable bonds is 7. The lowest BCUT2D eigenvalue weighted by Crippen LogP contribution is -2.33. The molecule has 0 atom stereocenters. The van der Waals surface area contributed by atoms with Crippen molar-refractivity contribution in [1.29, 1.82) is 0 Å². The van der Waals surface area contributed by atoms with Crippen LogP contribution in [0.3, 0.4) is 0 Å². The monoisotopic (exact) mass is 203 g/mol. The summed E-state index contributed by atoms with van der Waals surface area (Å²) in [6, 6.07) is 0. The van der Waals surface area contributed by atoms with E-state index in [2.05, 4.69) is 0 Å². The molecule has 0 fully saturated rings. The van der Waals surface area contributed by atoms with Crippen molar-refractivity contribution in [3.8, 4) is 0 Å². The average Bonchev–Trinajstić information content (AvgIpc) is 2.14. The zero-order chi connectivity index (χ0) is 11.0. The summed E-state index contributed by atoms with van der Waals surface area (Å²) in [5.41, 5.74) is 0. The molecule has 0 bridgehead atoms. The topological polar surface area (TPSA) is 49.8 Å². The highest BCUT2D eigenvalue weighted by Gasteiger charge is 2.09. The van der Waals surface area contributed by atoms with Crippen molar-refractivity contribution < 1.29 is 14.6 Å². The van der Waals surface area contributed by atoms with Crippen LogP contribution in [0.25, 0.3) is 0 Å². The highest BCUT2D eigenvalue weighted by atomic mass is 16.5. The second kappa shape index (κ2) is 7.76. The van der Waals surface area contributed by atoms with Gasteiger partial charge in [0.2, 0.25) is 0 Å². The van der Waals surface area contributed by atoms with E-state index in [4.69, 9.17) is 9.84 Å². The normalized spacial score (nSPS) is 11.0. The van der Waals surface area contributed by atoms with E-state index >= 15 is 0 Å². The predicted molar refractivity (Wildman–Crippen MR) is 55.0 cm³/mol. The first-order valence-electron chi connectivity index (χ1n) is 5.09. The van der Waals surface area contributed by atoms with Gasteiger partial charge in [-0.25, -0.2) is 0 Å². The Labute approximate surface area is 85.9 Å². The minimum absolute atomic E-state index is 0.0747. The Hall–Kier alpha value is -0.610. The first kappa shape index (κ1) is 13.4. The molecule has 0 radical (unpaired) electrons. The van der Waals surface area contributed by atoms with Crippen LogP contribution in [0, 0.1) is 5.92 Å². The minimum atomic E-state index is -0.214. The Bertz CT molecular complexity index is 159. The maximum Gasteiger partial charge on any atom is 0.320 e. The standard InChI is InChI=1S/C10H21NO3/c1-4-11(5-6-12)7-10(13)14-8-9(2)3/h9,12H,4-8H2,1-3H3. The molecule has 0 saturated heterocycles. The number of aliphatic hydroxyl groups is 1. The maximum atomic E-state index is 11.2. The number of carbonyl (C=O) groups is 1. The van der Waals surface area contributed by atoms with E-state index < -0.39 is 0 Å². The van der Waals surface area contributed by atoms with Gasteiger partial charge >= 0.3 is 5.97 Å². The van der Waals surface area contributed by atoms with E-state index in [1.54, 1.807) is 0 Å². The highest BCUT2D eigenvalue weighted by molar-refractivity contribution is 5.71. The first-order valence-corrected chi connectivity index (χ1v) is 5.09. The van der Waals surface area contributed by atoms with E-state index in [9.17, 15) is 4.79 Å². The minimum Gasteiger partial charge on any atom is -0.464 e. The van der Waals surface area contributed by atoms with Crippen LogP contribution in [0.5, 0.6) is 0 Å². The molecule has 4 heteroatoms. The van der Waals surface area contributed by atoms with Crippen molar-refractivity contribution in [2.24, 2.45) is 5.92 Å². The SMILES string of the molecule is CCN(CCO)CC(=O)OCC(C)C. The molecule has 1 N–H and O–H groups in total. The van der Waals surface area contributed by atoms with Crippen LogP contribution in [0.4, 0.5) is 0 Å². The number of nitrogens with zero attached hydrogens (tertiary/aromatic N) is 1. The van der Waals surface area contributed by atoms with Crippen LogP contribution in [0.15, 0.2) is 0 Å². The van der Waals surface area contributed by atoms with Gasteiger partial charge in [-0.2, -0.15) is 0 Å². The Morgan fingerprint density at radius 1 is 1.50 bits per heavy atom. The molecule has 0 spiro atoms. The molecule has 0 amide bonds. The van der Waals surface area contributed by atoms with Crippen molar-refractivity contribution >= 4 is 5.97 Å². The second-order valence-electron chi connectivity index (χ2n) is 3.67. The molecule has 14 heavy (non-hydrogen) atoms. The van der Waals surface area contributed by atoms with E-state index in [-0.39, 0.29) is 19.1 Å². The summed E-state index contributed by atoms with van der Waals surface area (Å²) in [7, 11) is 0. The number of carbonyl (C=O) groups excluding carboxylic acids is 1. The van der Waals surface area contributed by atoms with Crippen LogP contribution in [0.2, 0.25) is 0 Å². The van der Waals surface area contributed by atoms with Gasteiger partial charge in [0.1, 0.15) is 0 Å². The maximum absolute atomic E-state index is 11.2. The zero-order valence-electron chi connectivity index (χ0n) is 9.32.